The number of aliphatic carboxylic acids is 1. The molecule has 0 unspecified atom stereocenters. The number of hydrogen-bond donors (Lipinski definition) is 12. The van der Waals surface area contributed by atoms with Crippen molar-refractivity contribution in [3.05, 3.63) is 85.1 Å². The first-order valence-electron chi connectivity index (χ1n) is 22.3. The molecule has 368 valence electrons. The van der Waals surface area contributed by atoms with Crippen LogP contribution in [0.1, 0.15) is 79.1 Å². The number of allylic oxidation sites excluding steroid dienone is 12. The van der Waals surface area contributed by atoms with E-state index in [-0.39, 0.29) is 31.6 Å². The van der Waals surface area contributed by atoms with Crippen LogP contribution in [0, 0.1) is 17.8 Å². The molecule has 3 heterocycles. The number of hydrogen-bond acceptors (Lipinski definition) is 17. The molecule has 65 heavy (non-hydrogen) atoms. The van der Waals surface area contributed by atoms with Gasteiger partial charge in [0.25, 0.3) is 0 Å². The molecule has 2 saturated heterocycles. The lowest BCUT2D eigenvalue weighted by molar-refractivity contribution is -0.308. The standard InChI is InChI=1S/C47H73NO17/c1-27-17-15-13-11-9-7-5-6-8-10-12-14-16-18-34(64-46-44(58)41(48)43(57)30(4)63-46)24-38-40(45(59)60)37(54)26-47(61,65-38)25-33(51)22-36(53)35(52)20-19-31(49)21-32(50)23-39(55)62-29(3)28(2)42(27)56/h5-18,27-38,40-44,46,49-54,56-58,61H,19-26,48H2,1-4H3,(H,59,60)/b6-5+,9-7+,10-8+,13-11-,14-12+,17-15+,18-16+/t27-,28+,29-,30-,31+,32+,33-,34+,35-,36+,37+,38-,40+,41+,42-,43+,44+,46+,47+/m1/s1. The average molecular weight is 924 g/mol. The molecule has 3 aliphatic heterocycles. The van der Waals surface area contributed by atoms with E-state index in [1.165, 1.54) is 13.0 Å². The second kappa shape index (κ2) is 27.4. The number of carboxylic acid groups (broad SMARTS) is 1. The van der Waals surface area contributed by atoms with Gasteiger partial charge in [-0.25, -0.2) is 0 Å². The minimum atomic E-state index is -2.33. The molecule has 3 aliphatic rings. The van der Waals surface area contributed by atoms with Gasteiger partial charge in [0.1, 0.15) is 18.1 Å². The molecule has 0 radical (unpaired) electrons. The van der Waals surface area contributed by atoms with Crippen LogP contribution in [0.25, 0.3) is 0 Å². The highest BCUT2D eigenvalue weighted by Gasteiger charge is 2.51. The van der Waals surface area contributed by atoms with E-state index in [0.717, 1.165) is 0 Å². The van der Waals surface area contributed by atoms with E-state index >= 15 is 0 Å². The van der Waals surface area contributed by atoms with Crippen molar-refractivity contribution in [2.24, 2.45) is 23.5 Å². The number of aliphatic hydroxyl groups excluding tert-OH is 9. The van der Waals surface area contributed by atoms with Gasteiger partial charge >= 0.3 is 11.9 Å². The third-order valence-electron chi connectivity index (χ3n) is 12.0. The summed E-state index contributed by atoms with van der Waals surface area (Å²) in [6.45, 7) is 6.74. The summed E-state index contributed by atoms with van der Waals surface area (Å²) < 4.78 is 23.1. The fourth-order valence-corrected chi connectivity index (χ4v) is 7.97. The Morgan fingerprint density at radius 1 is 0.662 bits per heavy atom. The van der Waals surface area contributed by atoms with Gasteiger partial charge in [0, 0.05) is 37.5 Å². The Kier molecular flexibility index (Phi) is 23.6. The molecular formula is C47H73NO17. The van der Waals surface area contributed by atoms with Gasteiger partial charge in [0.15, 0.2) is 12.1 Å². The quantitative estimate of drug-likeness (QED) is 0.174. The molecule has 0 aliphatic carbocycles. The molecule has 19 atom stereocenters. The van der Waals surface area contributed by atoms with E-state index in [1.54, 1.807) is 80.7 Å². The number of carbonyl (C=O) groups is 2. The van der Waals surface area contributed by atoms with Gasteiger partial charge in [-0.15, -0.1) is 0 Å². The number of esters is 1. The molecule has 0 amide bonds. The predicted molar refractivity (Wildman–Crippen MR) is 237 cm³/mol. The SMILES string of the molecule is C[C@@H]1[C@H](O)[C@H](C)/C=C/C=C\C=C\C=C\C=C\C=C\C=C\[C@H](O[C@@H]2O[C@H](C)[C@H](O)[C@H](N)[C@@H]2O)C[C@H]2O[C@@](O)(C[C@H](O)C[C@H](O)[C@H](O)CC[C@H](O)C[C@H](O)CC(=O)O[C@@H]1C)C[C@H](O)[C@@H]2C(=O)O. The summed E-state index contributed by atoms with van der Waals surface area (Å²) in [6, 6.07) is -1.15. The number of carbonyl (C=O) groups excluding carboxylic acids is 1. The van der Waals surface area contributed by atoms with E-state index in [4.69, 9.17) is 24.7 Å². The lowest BCUT2D eigenvalue weighted by atomic mass is 9.82. The number of cyclic esters (lactones) is 1. The Labute approximate surface area is 381 Å². The summed E-state index contributed by atoms with van der Waals surface area (Å²) in [5.41, 5.74) is 6.02. The Hall–Kier alpha value is -3.44. The highest BCUT2D eigenvalue weighted by atomic mass is 16.7. The minimum Gasteiger partial charge on any atom is -0.481 e. The largest absolute Gasteiger partial charge is 0.481 e. The van der Waals surface area contributed by atoms with Crippen molar-refractivity contribution in [3.63, 3.8) is 0 Å². The molecule has 18 nitrogen and oxygen atoms in total. The van der Waals surface area contributed by atoms with Crippen LogP contribution < -0.4 is 5.73 Å². The molecule has 0 saturated carbocycles. The first-order valence-corrected chi connectivity index (χ1v) is 22.3. The van der Waals surface area contributed by atoms with Crippen molar-refractivity contribution >= 4 is 11.9 Å². The zero-order valence-electron chi connectivity index (χ0n) is 37.6. The Morgan fingerprint density at radius 3 is 1.82 bits per heavy atom. The van der Waals surface area contributed by atoms with Gasteiger partial charge in [-0.3, -0.25) is 9.59 Å². The van der Waals surface area contributed by atoms with Crippen LogP contribution in [0.2, 0.25) is 0 Å². The summed E-state index contributed by atoms with van der Waals surface area (Å²) in [7, 11) is 0. The maximum absolute atomic E-state index is 12.6. The smallest absolute Gasteiger partial charge is 0.311 e. The molecule has 2 fully saturated rings. The van der Waals surface area contributed by atoms with E-state index in [2.05, 4.69) is 0 Å². The van der Waals surface area contributed by atoms with E-state index in [1.807, 2.05) is 19.1 Å². The minimum absolute atomic E-state index is 0.107. The zero-order chi connectivity index (χ0) is 48.4. The number of rotatable bonds is 3. The van der Waals surface area contributed by atoms with Crippen LogP contribution in [0.5, 0.6) is 0 Å². The van der Waals surface area contributed by atoms with Crippen LogP contribution in [-0.2, 0) is 28.5 Å². The monoisotopic (exact) mass is 923 g/mol. The number of nitrogens with two attached hydrogens (primary N) is 1. The zero-order valence-corrected chi connectivity index (χ0v) is 37.6. The Morgan fingerprint density at radius 2 is 1.23 bits per heavy atom. The van der Waals surface area contributed by atoms with Crippen LogP contribution >= 0.6 is 0 Å². The van der Waals surface area contributed by atoms with E-state index in [9.17, 15) is 65.8 Å². The normalized spacial score (nSPS) is 45.5. The van der Waals surface area contributed by atoms with Gasteiger partial charge < -0.3 is 80.9 Å². The molecule has 0 aromatic rings. The van der Waals surface area contributed by atoms with Gasteiger partial charge in [-0.2, -0.15) is 0 Å². The lowest BCUT2D eigenvalue weighted by Crippen LogP contribution is -2.61. The molecule has 0 aromatic heterocycles. The Bertz CT molecular complexity index is 1670. The van der Waals surface area contributed by atoms with Gasteiger partial charge in [-0.1, -0.05) is 98.9 Å². The number of ether oxygens (including phenoxy) is 4. The maximum Gasteiger partial charge on any atom is 0.311 e. The topological polar surface area (TPSA) is 320 Å². The summed E-state index contributed by atoms with van der Waals surface area (Å²) in [4.78, 5) is 25.1. The number of carboxylic acids is 1. The molecule has 0 aromatic carbocycles. The number of fused-ring (bicyclic) bond motifs is 2. The fraction of sp³-hybridized carbons (Fsp3) is 0.660. The molecule has 13 N–H and O–H groups in total. The molecule has 18 heteroatoms. The van der Waals surface area contributed by atoms with Crippen molar-refractivity contribution in [2.75, 3.05) is 0 Å². The number of aliphatic hydroxyl groups is 10. The third-order valence-corrected chi connectivity index (χ3v) is 12.0. The molecule has 2 bridgehead atoms. The van der Waals surface area contributed by atoms with Crippen LogP contribution in [0.3, 0.4) is 0 Å². The second-order valence-electron chi connectivity index (χ2n) is 17.6. The second-order valence-corrected chi connectivity index (χ2v) is 17.6. The first kappa shape index (κ1) is 55.9. The molecule has 3 rings (SSSR count). The first-order chi connectivity index (χ1) is 30.6. The summed E-state index contributed by atoms with van der Waals surface area (Å²) in [5.74, 6) is -6.83. The van der Waals surface area contributed by atoms with Crippen molar-refractivity contribution in [3.8, 4) is 0 Å². The van der Waals surface area contributed by atoms with Gasteiger partial charge in [0.05, 0.1) is 79.6 Å². The molecule has 0 spiro atoms. The lowest BCUT2D eigenvalue weighted by Gasteiger charge is -2.45. The highest BCUT2D eigenvalue weighted by Crippen LogP contribution is 2.38. The summed E-state index contributed by atoms with van der Waals surface area (Å²) in [5, 5.41) is 118. The maximum atomic E-state index is 12.6. The van der Waals surface area contributed by atoms with Crippen LogP contribution in [0.15, 0.2) is 85.1 Å². The highest BCUT2D eigenvalue weighted by molar-refractivity contribution is 5.71. The van der Waals surface area contributed by atoms with Crippen LogP contribution in [-0.4, -0.2) is 166 Å². The predicted octanol–water partition coefficient (Wildman–Crippen LogP) is 0.712. The van der Waals surface area contributed by atoms with Gasteiger partial charge in [-0.05, 0) is 33.1 Å². The van der Waals surface area contributed by atoms with Crippen molar-refractivity contribution in [1.29, 1.82) is 0 Å². The third kappa shape index (κ3) is 18.6. The van der Waals surface area contributed by atoms with E-state index < -0.39 is 147 Å². The Balaban J connectivity index is 1.86. The summed E-state index contributed by atoms with van der Waals surface area (Å²) in [6.07, 6.45) is 3.46. The van der Waals surface area contributed by atoms with Crippen molar-refractivity contribution in [2.45, 2.75) is 177 Å². The summed E-state index contributed by atoms with van der Waals surface area (Å²) >= 11 is 0. The van der Waals surface area contributed by atoms with Crippen molar-refractivity contribution < 1.29 is 84.7 Å². The van der Waals surface area contributed by atoms with E-state index in [0.29, 0.717) is 0 Å². The molecular weight excluding hydrogens is 851 g/mol. The van der Waals surface area contributed by atoms with Crippen molar-refractivity contribution in [1.82, 2.24) is 0 Å². The van der Waals surface area contributed by atoms with Crippen LogP contribution in [0.4, 0.5) is 0 Å². The van der Waals surface area contributed by atoms with Gasteiger partial charge in [0.2, 0.25) is 0 Å². The fourth-order valence-electron chi connectivity index (χ4n) is 7.97. The average Bonchev–Trinajstić information content (AvgIpc) is 3.21.